The molecule has 0 saturated carbocycles. The molecule has 2 aromatic rings. The van der Waals surface area contributed by atoms with Gasteiger partial charge in [-0.05, 0) is 52.0 Å². The Bertz CT molecular complexity index is 521. The summed E-state index contributed by atoms with van der Waals surface area (Å²) in [5.74, 6) is -0.0561. The average molecular weight is 296 g/mol. The van der Waals surface area contributed by atoms with Crippen LogP contribution in [0.15, 0.2) is 40.2 Å². The maximum absolute atomic E-state index is 11.9. The molecule has 1 aromatic carbocycles. The number of carbonyl (C=O) groups excluding carboxylic acids is 1. The Morgan fingerprint density at radius 3 is 2.69 bits per heavy atom. The van der Waals surface area contributed by atoms with Crippen LogP contribution in [0.2, 0.25) is 0 Å². The topological polar surface area (TPSA) is 29.1 Å². The van der Waals surface area contributed by atoms with Gasteiger partial charge in [0, 0.05) is 4.47 Å². The average Bonchev–Trinajstić information content (AvgIpc) is 2.68. The van der Waals surface area contributed by atoms with Crippen LogP contribution < -0.4 is 5.32 Å². The van der Waals surface area contributed by atoms with Crippen LogP contribution in [0.25, 0.3) is 0 Å². The van der Waals surface area contributed by atoms with Gasteiger partial charge in [0.15, 0.2) is 0 Å². The highest BCUT2D eigenvalue weighted by Crippen LogP contribution is 2.23. The van der Waals surface area contributed by atoms with E-state index in [1.165, 1.54) is 11.3 Å². The molecule has 2 nitrogen and oxygen atoms in total. The van der Waals surface area contributed by atoms with Gasteiger partial charge in [-0.2, -0.15) is 0 Å². The largest absolute Gasteiger partial charge is 0.320 e. The van der Waals surface area contributed by atoms with Gasteiger partial charge in [0.25, 0.3) is 5.91 Å². The molecule has 1 N–H and O–H groups in total. The second-order valence-electron chi connectivity index (χ2n) is 3.37. The van der Waals surface area contributed by atoms with Crippen LogP contribution in [-0.2, 0) is 0 Å². The smallest absolute Gasteiger partial charge is 0.266 e. The molecule has 0 fully saturated rings. The van der Waals surface area contributed by atoms with E-state index in [0.29, 0.717) is 0 Å². The van der Waals surface area contributed by atoms with E-state index < -0.39 is 0 Å². The van der Waals surface area contributed by atoms with Crippen LogP contribution in [0.1, 0.15) is 15.2 Å². The molecule has 0 aliphatic heterocycles. The van der Waals surface area contributed by atoms with E-state index in [4.69, 9.17) is 0 Å². The maximum atomic E-state index is 11.9. The molecular formula is C12H10BrNOS. The van der Waals surface area contributed by atoms with Crippen molar-refractivity contribution in [2.45, 2.75) is 6.92 Å². The number of hydrogen-bond donors (Lipinski definition) is 1. The van der Waals surface area contributed by atoms with E-state index in [1.807, 2.05) is 42.6 Å². The number of anilines is 1. The molecule has 0 bridgehead atoms. The lowest BCUT2D eigenvalue weighted by Gasteiger charge is -2.06. The molecule has 0 spiro atoms. The number of rotatable bonds is 2. The summed E-state index contributed by atoms with van der Waals surface area (Å²) >= 11 is 4.85. The van der Waals surface area contributed by atoms with E-state index in [1.54, 1.807) is 0 Å². The predicted octanol–water partition coefficient (Wildman–Crippen LogP) is 4.07. The number of thiophene rings is 1. The quantitative estimate of drug-likeness (QED) is 0.889. The van der Waals surface area contributed by atoms with Gasteiger partial charge in [-0.15, -0.1) is 11.3 Å². The molecule has 1 aromatic heterocycles. The first kappa shape index (κ1) is 11.4. The lowest BCUT2D eigenvalue weighted by molar-refractivity contribution is 0.103. The molecule has 0 radical (unpaired) electrons. The number of nitrogens with one attached hydrogen (secondary N) is 1. The Morgan fingerprint density at radius 1 is 1.31 bits per heavy atom. The molecule has 2 rings (SSSR count). The number of benzene rings is 1. The van der Waals surface area contributed by atoms with Crippen molar-refractivity contribution in [3.05, 3.63) is 50.6 Å². The van der Waals surface area contributed by atoms with Crippen molar-refractivity contribution in [1.29, 1.82) is 0 Å². The standard InChI is InChI=1S/C12H10BrNOS/c1-8-6-7-16-11(8)12(15)14-10-5-3-2-4-9(10)13/h2-7H,1H3,(H,14,15). The summed E-state index contributed by atoms with van der Waals surface area (Å²) in [5.41, 5.74) is 1.80. The lowest BCUT2D eigenvalue weighted by atomic mass is 10.2. The summed E-state index contributed by atoms with van der Waals surface area (Å²) in [5, 5.41) is 4.80. The van der Waals surface area contributed by atoms with Gasteiger partial charge in [0.1, 0.15) is 0 Å². The van der Waals surface area contributed by atoms with Crippen LogP contribution in [0.5, 0.6) is 0 Å². The number of para-hydroxylation sites is 1. The highest BCUT2D eigenvalue weighted by atomic mass is 79.9. The molecule has 1 amide bonds. The van der Waals surface area contributed by atoms with E-state index in [0.717, 1.165) is 20.6 Å². The zero-order valence-corrected chi connectivity index (χ0v) is 11.1. The van der Waals surface area contributed by atoms with Crippen LogP contribution in [-0.4, -0.2) is 5.91 Å². The van der Waals surface area contributed by atoms with E-state index >= 15 is 0 Å². The molecular weight excluding hydrogens is 286 g/mol. The zero-order valence-electron chi connectivity index (χ0n) is 8.66. The Hall–Kier alpha value is -1.13. The fourth-order valence-electron chi connectivity index (χ4n) is 1.35. The predicted molar refractivity (Wildman–Crippen MR) is 71.2 cm³/mol. The van der Waals surface area contributed by atoms with Crippen molar-refractivity contribution >= 4 is 38.9 Å². The first-order chi connectivity index (χ1) is 7.68. The molecule has 0 unspecified atom stereocenters. The summed E-state index contributed by atoms with van der Waals surface area (Å²) in [7, 11) is 0. The van der Waals surface area contributed by atoms with Crippen molar-refractivity contribution < 1.29 is 4.79 Å². The second-order valence-corrected chi connectivity index (χ2v) is 5.14. The van der Waals surface area contributed by atoms with Crippen molar-refractivity contribution in [1.82, 2.24) is 0 Å². The van der Waals surface area contributed by atoms with Gasteiger partial charge in [-0.25, -0.2) is 0 Å². The monoisotopic (exact) mass is 295 g/mol. The number of halogens is 1. The fourth-order valence-corrected chi connectivity index (χ4v) is 2.55. The molecule has 0 aliphatic carbocycles. The number of aryl methyl sites for hydroxylation is 1. The Labute approximate surface area is 106 Å². The minimum Gasteiger partial charge on any atom is -0.320 e. The van der Waals surface area contributed by atoms with Crippen molar-refractivity contribution in [3.63, 3.8) is 0 Å². The maximum Gasteiger partial charge on any atom is 0.266 e. The summed E-state index contributed by atoms with van der Waals surface area (Å²) in [6.07, 6.45) is 0. The molecule has 16 heavy (non-hydrogen) atoms. The summed E-state index contributed by atoms with van der Waals surface area (Å²) in [6.45, 7) is 1.94. The molecule has 82 valence electrons. The van der Waals surface area contributed by atoms with Crippen LogP contribution in [0.4, 0.5) is 5.69 Å². The van der Waals surface area contributed by atoms with E-state index in [2.05, 4.69) is 21.2 Å². The SMILES string of the molecule is Cc1ccsc1C(=O)Nc1ccccc1Br. The van der Waals surface area contributed by atoms with Crippen LogP contribution in [0, 0.1) is 6.92 Å². The van der Waals surface area contributed by atoms with Gasteiger partial charge in [-0.3, -0.25) is 4.79 Å². The van der Waals surface area contributed by atoms with Crippen LogP contribution >= 0.6 is 27.3 Å². The second kappa shape index (κ2) is 4.80. The van der Waals surface area contributed by atoms with E-state index in [9.17, 15) is 4.79 Å². The normalized spacial score (nSPS) is 10.1. The fraction of sp³-hybridized carbons (Fsp3) is 0.0833. The van der Waals surface area contributed by atoms with Gasteiger partial charge in [0.2, 0.25) is 0 Å². The van der Waals surface area contributed by atoms with Gasteiger partial charge < -0.3 is 5.32 Å². The van der Waals surface area contributed by atoms with Gasteiger partial charge in [0.05, 0.1) is 10.6 Å². The molecule has 1 heterocycles. The van der Waals surface area contributed by atoms with Crippen LogP contribution in [0.3, 0.4) is 0 Å². The minimum absolute atomic E-state index is 0.0561. The third-order valence-electron chi connectivity index (χ3n) is 2.19. The highest BCUT2D eigenvalue weighted by molar-refractivity contribution is 9.10. The number of carbonyl (C=O) groups is 1. The van der Waals surface area contributed by atoms with E-state index in [-0.39, 0.29) is 5.91 Å². The first-order valence-corrected chi connectivity index (χ1v) is 6.45. The zero-order chi connectivity index (χ0) is 11.5. The molecule has 0 saturated heterocycles. The molecule has 4 heteroatoms. The van der Waals surface area contributed by atoms with Crippen molar-refractivity contribution in [2.75, 3.05) is 5.32 Å². The lowest BCUT2D eigenvalue weighted by Crippen LogP contribution is -2.11. The molecule has 0 atom stereocenters. The van der Waals surface area contributed by atoms with Crippen molar-refractivity contribution in [2.24, 2.45) is 0 Å². The molecule has 0 aliphatic rings. The van der Waals surface area contributed by atoms with Gasteiger partial charge in [-0.1, -0.05) is 12.1 Å². The Balaban J connectivity index is 2.21. The first-order valence-electron chi connectivity index (χ1n) is 4.78. The summed E-state index contributed by atoms with van der Waals surface area (Å²) < 4.78 is 0.887. The Kier molecular flexibility index (Phi) is 3.41. The van der Waals surface area contributed by atoms with Gasteiger partial charge >= 0.3 is 0 Å². The number of amides is 1. The highest BCUT2D eigenvalue weighted by Gasteiger charge is 2.11. The summed E-state index contributed by atoms with van der Waals surface area (Å²) in [4.78, 5) is 12.7. The third-order valence-corrected chi connectivity index (χ3v) is 3.90. The third kappa shape index (κ3) is 2.33. The number of hydrogen-bond acceptors (Lipinski definition) is 2. The summed E-state index contributed by atoms with van der Waals surface area (Å²) in [6, 6.07) is 9.51. The minimum atomic E-state index is -0.0561. The Morgan fingerprint density at radius 2 is 2.06 bits per heavy atom. The van der Waals surface area contributed by atoms with Crippen molar-refractivity contribution in [3.8, 4) is 0 Å².